The van der Waals surface area contributed by atoms with E-state index in [1.54, 1.807) is 0 Å². The monoisotopic (exact) mass is 476 g/mol. The van der Waals surface area contributed by atoms with Crippen LogP contribution in [-0.4, -0.2) is 26.9 Å². The summed E-state index contributed by atoms with van der Waals surface area (Å²) in [7, 11) is 2.24. The Bertz CT molecular complexity index is 1320. The lowest BCUT2D eigenvalue weighted by molar-refractivity contribution is 0.213. The summed E-state index contributed by atoms with van der Waals surface area (Å²) in [6.45, 7) is 7.33. The molecule has 5 rings (SSSR count). The van der Waals surface area contributed by atoms with Gasteiger partial charge in [0.25, 0.3) is 0 Å². The summed E-state index contributed by atoms with van der Waals surface area (Å²) >= 11 is 0. The van der Waals surface area contributed by atoms with Crippen molar-refractivity contribution in [3.05, 3.63) is 100 Å². The van der Waals surface area contributed by atoms with E-state index in [1.165, 1.54) is 47.1 Å². The Morgan fingerprint density at radius 3 is 2.36 bits per heavy atom. The minimum Gasteiger partial charge on any atom is -0.295 e. The molecule has 2 heterocycles. The molecule has 0 amide bonds. The number of rotatable bonds is 7. The van der Waals surface area contributed by atoms with Crippen molar-refractivity contribution >= 4 is 0 Å². The Morgan fingerprint density at radius 1 is 0.889 bits per heavy atom. The van der Waals surface area contributed by atoms with Crippen molar-refractivity contribution in [3.63, 3.8) is 0 Å². The van der Waals surface area contributed by atoms with Crippen LogP contribution >= 0.6 is 0 Å². The molecule has 1 atom stereocenters. The SMILES string of the molecule is CCc1cccc(CC)c1-c1nc(C)c(CN(C)[C@H]2CCCc3ccccc32)c(-c2ccccn2)n1. The Hall–Kier alpha value is -3.37. The lowest BCUT2D eigenvalue weighted by atomic mass is 9.87. The minimum atomic E-state index is 0.401. The smallest absolute Gasteiger partial charge is 0.160 e. The highest BCUT2D eigenvalue weighted by molar-refractivity contribution is 5.69. The van der Waals surface area contributed by atoms with Gasteiger partial charge in [0.15, 0.2) is 5.82 Å². The first-order valence-electron chi connectivity index (χ1n) is 13.3. The number of hydrogen-bond donors (Lipinski definition) is 0. The minimum absolute atomic E-state index is 0.401. The third-order valence-electron chi connectivity index (χ3n) is 7.62. The van der Waals surface area contributed by atoms with Crippen LogP contribution in [0, 0.1) is 6.92 Å². The molecular weight excluding hydrogens is 440 g/mol. The second-order valence-corrected chi connectivity index (χ2v) is 9.86. The van der Waals surface area contributed by atoms with Gasteiger partial charge in [-0.25, -0.2) is 9.97 Å². The predicted molar refractivity (Wildman–Crippen MR) is 148 cm³/mol. The molecule has 0 saturated carbocycles. The molecule has 0 spiro atoms. The van der Waals surface area contributed by atoms with Crippen molar-refractivity contribution in [1.29, 1.82) is 0 Å². The molecule has 0 aliphatic heterocycles. The first-order valence-corrected chi connectivity index (χ1v) is 13.3. The molecule has 4 heteroatoms. The van der Waals surface area contributed by atoms with Crippen LogP contribution in [0.4, 0.5) is 0 Å². The average Bonchev–Trinajstić information content (AvgIpc) is 2.93. The second-order valence-electron chi connectivity index (χ2n) is 9.86. The van der Waals surface area contributed by atoms with Gasteiger partial charge in [-0.3, -0.25) is 9.88 Å². The molecule has 0 N–H and O–H groups in total. The maximum Gasteiger partial charge on any atom is 0.160 e. The Kier molecular flexibility index (Phi) is 7.24. The third kappa shape index (κ3) is 4.70. The van der Waals surface area contributed by atoms with E-state index in [-0.39, 0.29) is 0 Å². The fourth-order valence-corrected chi connectivity index (χ4v) is 5.69. The highest BCUT2D eigenvalue weighted by Crippen LogP contribution is 2.36. The first-order chi connectivity index (χ1) is 17.6. The summed E-state index contributed by atoms with van der Waals surface area (Å²) in [6, 6.07) is 22.0. The number of hydrogen-bond acceptors (Lipinski definition) is 4. The van der Waals surface area contributed by atoms with Crippen LogP contribution in [0.25, 0.3) is 22.8 Å². The van der Waals surface area contributed by atoms with Crippen LogP contribution in [-0.2, 0) is 25.8 Å². The van der Waals surface area contributed by atoms with Crippen LogP contribution in [0.2, 0.25) is 0 Å². The third-order valence-corrected chi connectivity index (χ3v) is 7.62. The van der Waals surface area contributed by atoms with E-state index in [0.29, 0.717) is 6.04 Å². The number of aromatic nitrogens is 3. The van der Waals surface area contributed by atoms with Gasteiger partial charge in [0.2, 0.25) is 0 Å². The standard InChI is InChI=1S/C32H36N4/c1-5-23-14-11-15-24(6-2)30(23)32-34-22(3)27(31(35-32)28-18-9-10-20-33-28)21-36(4)29-19-12-16-25-13-7-8-17-26(25)29/h7-11,13-15,17-18,20,29H,5-6,12,16,19,21H2,1-4H3/t29-/m0/s1. The van der Waals surface area contributed by atoms with E-state index >= 15 is 0 Å². The van der Waals surface area contributed by atoms with E-state index in [0.717, 1.165) is 47.9 Å². The van der Waals surface area contributed by atoms with Crippen LogP contribution in [0.5, 0.6) is 0 Å². The molecule has 0 radical (unpaired) electrons. The Morgan fingerprint density at radius 2 is 1.64 bits per heavy atom. The fraction of sp³-hybridized carbons (Fsp3) is 0.344. The van der Waals surface area contributed by atoms with Crippen LogP contribution in [0.3, 0.4) is 0 Å². The Balaban J connectivity index is 1.60. The highest BCUT2D eigenvalue weighted by atomic mass is 15.1. The van der Waals surface area contributed by atoms with E-state index in [4.69, 9.17) is 15.0 Å². The molecule has 184 valence electrons. The summed E-state index contributed by atoms with van der Waals surface area (Å²) in [6.07, 6.45) is 7.34. The molecule has 2 aromatic carbocycles. The Labute approximate surface area is 215 Å². The van der Waals surface area contributed by atoms with Gasteiger partial charge >= 0.3 is 0 Å². The van der Waals surface area contributed by atoms with Crippen LogP contribution in [0.1, 0.15) is 66.2 Å². The largest absolute Gasteiger partial charge is 0.295 e. The van der Waals surface area contributed by atoms with Crippen LogP contribution < -0.4 is 0 Å². The van der Waals surface area contributed by atoms with E-state index < -0.39 is 0 Å². The van der Waals surface area contributed by atoms with E-state index in [1.807, 2.05) is 18.3 Å². The number of fused-ring (bicyclic) bond motifs is 1. The van der Waals surface area contributed by atoms with Gasteiger partial charge in [-0.05, 0) is 80.5 Å². The lowest BCUT2D eigenvalue weighted by Gasteiger charge is -2.34. The quantitative estimate of drug-likeness (QED) is 0.284. The first kappa shape index (κ1) is 24.3. The molecule has 1 aliphatic rings. The van der Waals surface area contributed by atoms with E-state index in [2.05, 4.69) is 81.2 Å². The van der Waals surface area contributed by atoms with E-state index in [9.17, 15) is 0 Å². The van der Waals surface area contributed by atoms with Gasteiger partial charge < -0.3 is 0 Å². The topological polar surface area (TPSA) is 41.9 Å². The van der Waals surface area contributed by atoms with Crippen molar-refractivity contribution in [2.24, 2.45) is 0 Å². The number of benzene rings is 2. The predicted octanol–water partition coefficient (Wildman–Crippen LogP) is 7.15. The molecule has 4 nitrogen and oxygen atoms in total. The molecule has 36 heavy (non-hydrogen) atoms. The number of aryl methyl sites for hydroxylation is 4. The molecule has 0 saturated heterocycles. The van der Waals surface area contributed by atoms with Crippen molar-refractivity contribution in [3.8, 4) is 22.8 Å². The van der Waals surface area contributed by atoms with Gasteiger partial charge in [0, 0.05) is 35.6 Å². The molecule has 0 bridgehead atoms. The van der Waals surface area contributed by atoms with Crippen molar-refractivity contribution in [1.82, 2.24) is 19.9 Å². The number of pyridine rings is 1. The molecule has 4 aromatic rings. The lowest BCUT2D eigenvalue weighted by Crippen LogP contribution is -2.28. The normalized spacial score (nSPS) is 15.2. The van der Waals surface area contributed by atoms with Gasteiger partial charge in [0.1, 0.15) is 0 Å². The average molecular weight is 477 g/mol. The van der Waals surface area contributed by atoms with Crippen molar-refractivity contribution in [2.75, 3.05) is 7.05 Å². The van der Waals surface area contributed by atoms with Gasteiger partial charge in [0.05, 0.1) is 11.4 Å². The maximum atomic E-state index is 5.23. The van der Waals surface area contributed by atoms with Crippen molar-refractivity contribution < 1.29 is 0 Å². The molecule has 0 fully saturated rings. The summed E-state index contributed by atoms with van der Waals surface area (Å²) in [5.41, 5.74) is 10.8. The number of nitrogens with zero attached hydrogens (tertiary/aromatic N) is 4. The second kappa shape index (κ2) is 10.7. The zero-order valence-electron chi connectivity index (χ0n) is 22.0. The summed E-state index contributed by atoms with van der Waals surface area (Å²) in [4.78, 5) is 17.6. The van der Waals surface area contributed by atoms with Crippen molar-refractivity contribution in [2.45, 2.75) is 65.5 Å². The summed E-state index contributed by atoms with van der Waals surface area (Å²) in [5, 5.41) is 0. The zero-order chi connectivity index (χ0) is 25.1. The highest BCUT2D eigenvalue weighted by Gasteiger charge is 2.26. The molecular formula is C32H36N4. The van der Waals surface area contributed by atoms with Crippen LogP contribution in [0.15, 0.2) is 66.9 Å². The van der Waals surface area contributed by atoms with Gasteiger partial charge in [-0.2, -0.15) is 0 Å². The summed E-state index contributed by atoms with van der Waals surface area (Å²) in [5.74, 6) is 0.817. The fourth-order valence-electron chi connectivity index (χ4n) is 5.69. The molecule has 2 aromatic heterocycles. The molecule has 0 unspecified atom stereocenters. The van der Waals surface area contributed by atoms with Gasteiger partial charge in [-0.15, -0.1) is 0 Å². The summed E-state index contributed by atoms with van der Waals surface area (Å²) < 4.78 is 0. The van der Waals surface area contributed by atoms with Gasteiger partial charge in [-0.1, -0.05) is 62.4 Å². The maximum absolute atomic E-state index is 5.23. The zero-order valence-corrected chi connectivity index (χ0v) is 22.0. The molecule has 1 aliphatic carbocycles.